The molecule has 0 saturated heterocycles. The van der Waals surface area contributed by atoms with Gasteiger partial charge in [-0.05, 0) is 26.3 Å². The highest BCUT2D eigenvalue weighted by atomic mass is 16.5. The SMILES string of the molecule is CCO[C@H](CNC(=O)NCc1c(C)noc1C)c1ccccc1. The van der Waals surface area contributed by atoms with Gasteiger partial charge in [0.05, 0.1) is 11.8 Å². The molecule has 0 spiro atoms. The van der Waals surface area contributed by atoms with Crippen LogP contribution in [0, 0.1) is 13.8 Å². The molecule has 1 atom stereocenters. The standard InChI is InChI=1S/C17H23N3O3/c1-4-22-16(14-8-6-5-7-9-14)11-19-17(21)18-10-15-12(2)20-23-13(15)3/h5-9,16H,4,10-11H2,1-3H3,(H2,18,19,21)/t16-/m1/s1. The van der Waals surface area contributed by atoms with Crippen LogP contribution in [0.4, 0.5) is 4.79 Å². The van der Waals surface area contributed by atoms with E-state index in [0.717, 1.165) is 22.6 Å². The summed E-state index contributed by atoms with van der Waals surface area (Å²) in [5, 5.41) is 9.52. The molecule has 2 N–H and O–H groups in total. The number of rotatable bonds is 7. The maximum absolute atomic E-state index is 12.0. The van der Waals surface area contributed by atoms with E-state index in [2.05, 4.69) is 15.8 Å². The highest BCUT2D eigenvalue weighted by molar-refractivity contribution is 5.73. The Morgan fingerprint density at radius 3 is 2.61 bits per heavy atom. The zero-order chi connectivity index (χ0) is 16.7. The number of nitrogens with one attached hydrogen (secondary N) is 2. The third kappa shape index (κ3) is 4.82. The van der Waals surface area contributed by atoms with Gasteiger partial charge in [0.15, 0.2) is 0 Å². The minimum absolute atomic E-state index is 0.161. The monoisotopic (exact) mass is 317 g/mol. The summed E-state index contributed by atoms with van der Waals surface area (Å²) in [7, 11) is 0. The van der Waals surface area contributed by atoms with Crippen molar-refractivity contribution in [3.05, 3.63) is 52.9 Å². The van der Waals surface area contributed by atoms with Crippen molar-refractivity contribution in [2.75, 3.05) is 13.2 Å². The molecular weight excluding hydrogens is 294 g/mol. The van der Waals surface area contributed by atoms with E-state index in [-0.39, 0.29) is 12.1 Å². The molecule has 6 heteroatoms. The largest absolute Gasteiger partial charge is 0.372 e. The second-order valence-electron chi connectivity index (χ2n) is 5.22. The van der Waals surface area contributed by atoms with Gasteiger partial charge in [0, 0.05) is 25.3 Å². The smallest absolute Gasteiger partial charge is 0.315 e. The lowest BCUT2D eigenvalue weighted by Crippen LogP contribution is -2.38. The molecule has 1 aromatic heterocycles. The zero-order valence-corrected chi connectivity index (χ0v) is 13.8. The molecule has 23 heavy (non-hydrogen) atoms. The van der Waals surface area contributed by atoms with Crippen LogP contribution in [-0.2, 0) is 11.3 Å². The fraction of sp³-hybridized carbons (Fsp3) is 0.412. The highest BCUT2D eigenvalue weighted by Gasteiger charge is 2.14. The summed E-state index contributed by atoms with van der Waals surface area (Å²) < 4.78 is 10.8. The van der Waals surface area contributed by atoms with E-state index in [0.29, 0.717) is 19.7 Å². The van der Waals surface area contributed by atoms with E-state index in [1.54, 1.807) is 0 Å². The van der Waals surface area contributed by atoms with E-state index in [4.69, 9.17) is 9.26 Å². The molecule has 2 aromatic rings. The predicted octanol–water partition coefficient (Wildman–Crippen LogP) is 2.87. The van der Waals surface area contributed by atoms with Crippen molar-refractivity contribution < 1.29 is 14.1 Å². The average Bonchev–Trinajstić information content (AvgIpc) is 2.88. The quantitative estimate of drug-likeness (QED) is 0.823. The van der Waals surface area contributed by atoms with Crippen molar-refractivity contribution in [3.63, 3.8) is 0 Å². The molecule has 0 fully saturated rings. The maximum atomic E-state index is 12.0. The molecule has 0 aliphatic rings. The third-order valence-electron chi connectivity index (χ3n) is 3.59. The van der Waals surface area contributed by atoms with E-state index < -0.39 is 0 Å². The van der Waals surface area contributed by atoms with Gasteiger partial charge in [-0.15, -0.1) is 0 Å². The van der Waals surface area contributed by atoms with Gasteiger partial charge >= 0.3 is 6.03 Å². The number of urea groups is 1. The number of nitrogens with zero attached hydrogens (tertiary/aromatic N) is 1. The summed E-state index contributed by atoms with van der Waals surface area (Å²) >= 11 is 0. The molecule has 1 heterocycles. The Morgan fingerprint density at radius 2 is 2.00 bits per heavy atom. The van der Waals surface area contributed by atoms with Crippen molar-refractivity contribution >= 4 is 6.03 Å². The van der Waals surface area contributed by atoms with Crippen LogP contribution in [-0.4, -0.2) is 24.3 Å². The van der Waals surface area contributed by atoms with Crippen LogP contribution in [0.15, 0.2) is 34.9 Å². The molecule has 0 radical (unpaired) electrons. The number of carbonyl (C=O) groups excluding carboxylic acids is 1. The van der Waals surface area contributed by atoms with E-state index in [1.165, 1.54) is 0 Å². The van der Waals surface area contributed by atoms with Gasteiger partial charge in [-0.25, -0.2) is 4.79 Å². The first-order chi connectivity index (χ1) is 11.1. The van der Waals surface area contributed by atoms with Gasteiger partial charge in [-0.3, -0.25) is 0 Å². The molecular formula is C17H23N3O3. The van der Waals surface area contributed by atoms with Gasteiger partial charge in [-0.1, -0.05) is 35.5 Å². The van der Waals surface area contributed by atoms with Gasteiger partial charge in [0.1, 0.15) is 5.76 Å². The first kappa shape index (κ1) is 17.0. The van der Waals surface area contributed by atoms with E-state index in [1.807, 2.05) is 51.1 Å². The number of carbonyl (C=O) groups is 1. The summed E-state index contributed by atoms with van der Waals surface area (Å²) in [5.74, 6) is 0.722. The van der Waals surface area contributed by atoms with Crippen molar-refractivity contribution in [2.45, 2.75) is 33.4 Å². The molecule has 0 bridgehead atoms. The minimum atomic E-state index is -0.245. The number of aromatic nitrogens is 1. The van der Waals surface area contributed by atoms with E-state index >= 15 is 0 Å². The van der Waals surface area contributed by atoms with Crippen LogP contribution < -0.4 is 10.6 Å². The Kier molecular flexibility index (Phi) is 6.17. The van der Waals surface area contributed by atoms with Crippen LogP contribution in [0.1, 0.15) is 35.6 Å². The van der Waals surface area contributed by atoms with Crippen LogP contribution in [0.2, 0.25) is 0 Å². The number of benzene rings is 1. The van der Waals surface area contributed by atoms with Gasteiger partial charge < -0.3 is 19.9 Å². The van der Waals surface area contributed by atoms with Crippen molar-refractivity contribution in [1.29, 1.82) is 0 Å². The first-order valence-corrected chi connectivity index (χ1v) is 7.71. The summed E-state index contributed by atoms with van der Waals surface area (Å²) in [5.41, 5.74) is 2.74. The number of ether oxygens (including phenoxy) is 1. The Labute approximate surface area is 136 Å². The van der Waals surface area contributed by atoms with Crippen LogP contribution >= 0.6 is 0 Å². The second kappa shape index (κ2) is 8.33. The lowest BCUT2D eigenvalue weighted by Gasteiger charge is -2.18. The van der Waals surface area contributed by atoms with Gasteiger partial charge in [0.25, 0.3) is 0 Å². The molecule has 124 valence electrons. The molecule has 6 nitrogen and oxygen atoms in total. The highest BCUT2D eigenvalue weighted by Crippen LogP contribution is 2.16. The summed E-state index contributed by atoms with van der Waals surface area (Å²) in [6.07, 6.45) is -0.161. The summed E-state index contributed by atoms with van der Waals surface area (Å²) in [4.78, 5) is 12.0. The molecule has 2 rings (SSSR count). The molecule has 0 saturated carbocycles. The van der Waals surface area contributed by atoms with Crippen molar-refractivity contribution in [1.82, 2.24) is 15.8 Å². The number of amides is 2. The van der Waals surface area contributed by atoms with Gasteiger partial charge in [-0.2, -0.15) is 0 Å². The Hall–Kier alpha value is -2.34. The number of hydrogen-bond donors (Lipinski definition) is 2. The fourth-order valence-electron chi connectivity index (χ4n) is 2.31. The molecule has 0 unspecified atom stereocenters. The zero-order valence-electron chi connectivity index (χ0n) is 13.8. The lowest BCUT2D eigenvalue weighted by atomic mass is 10.1. The molecule has 1 aromatic carbocycles. The molecule has 0 aliphatic carbocycles. The van der Waals surface area contributed by atoms with E-state index in [9.17, 15) is 4.79 Å². The normalized spacial score (nSPS) is 12.0. The minimum Gasteiger partial charge on any atom is -0.372 e. The van der Waals surface area contributed by atoms with Crippen molar-refractivity contribution in [3.8, 4) is 0 Å². The lowest BCUT2D eigenvalue weighted by molar-refractivity contribution is 0.0639. The van der Waals surface area contributed by atoms with Crippen LogP contribution in [0.25, 0.3) is 0 Å². The predicted molar refractivity (Wildman–Crippen MR) is 87.0 cm³/mol. The molecule has 2 amide bonds. The second-order valence-corrected chi connectivity index (χ2v) is 5.22. The first-order valence-electron chi connectivity index (χ1n) is 7.71. The van der Waals surface area contributed by atoms with Crippen molar-refractivity contribution in [2.24, 2.45) is 0 Å². The number of hydrogen-bond acceptors (Lipinski definition) is 4. The Bertz CT molecular complexity index is 606. The number of aryl methyl sites for hydroxylation is 2. The third-order valence-corrected chi connectivity index (χ3v) is 3.59. The van der Waals surface area contributed by atoms with Crippen LogP contribution in [0.3, 0.4) is 0 Å². The summed E-state index contributed by atoms with van der Waals surface area (Å²) in [6.45, 7) is 7.00. The fourth-order valence-corrected chi connectivity index (χ4v) is 2.31. The molecule has 0 aliphatic heterocycles. The Morgan fingerprint density at radius 1 is 1.26 bits per heavy atom. The average molecular weight is 317 g/mol. The Balaban J connectivity index is 1.84. The van der Waals surface area contributed by atoms with Crippen LogP contribution in [0.5, 0.6) is 0 Å². The summed E-state index contributed by atoms with van der Waals surface area (Å²) in [6, 6.07) is 9.60. The maximum Gasteiger partial charge on any atom is 0.315 e. The topological polar surface area (TPSA) is 76.4 Å². The van der Waals surface area contributed by atoms with Gasteiger partial charge in [0.2, 0.25) is 0 Å².